The lowest BCUT2D eigenvalue weighted by Gasteiger charge is -2.11. The molecule has 0 unspecified atom stereocenters. The van der Waals surface area contributed by atoms with Crippen molar-refractivity contribution in [3.63, 3.8) is 0 Å². The van der Waals surface area contributed by atoms with E-state index in [1.807, 2.05) is 18.3 Å². The van der Waals surface area contributed by atoms with Crippen LogP contribution in [0.2, 0.25) is 0 Å². The van der Waals surface area contributed by atoms with E-state index in [0.717, 1.165) is 55.9 Å². The maximum absolute atomic E-state index is 5.21. The topological polar surface area (TPSA) is 41.6 Å². The van der Waals surface area contributed by atoms with Gasteiger partial charge in [0, 0.05) is 33.7 Å². The fraction of sp³-hybridized carbons (Fsp3) is 0. The van der Waals surface area contributed by atoms with Gasteiger partial charge in [-0.25, -0.2) is 4.98 Å². The third-order valence-corrected chi connectivity index (χ3v) is 8.09. The van der Waals surface area contributed by atoms with Gasteiger partial charge in [0.25, 0.3) is 0 Å². The van der Waals surface area contributed by atoms with Crippen LogP contribution in [-0.4, -0.2) is 15.0 Å². The summed E-state index contributed by atoms with van der Waals surface area (Å²) >= 11 is 0. The van der Waals surface area contributed by atoms with Crippen LogP contribution in [0.1, 0.15) is 0 Å². The first-order valence-electron chi connectivity index (χ1n) is 14.5. The molecule has 3 heterocycles. The molecule has 0 atom stereocenters. The van der Waals surface area contributed by atoms with Crippen molar-refractivity contribution in [2.45, 2.75) is 0 Å². The van der Waals surface area contributed by atoms with Gasteiger partial charge >= 0.3 is 0 Å². The Bertz CT molecular complexity index is 2160. The van der Waals surface area contributed by atoms with Gasteiger partial charge in [-0.05, 0) is 46.5 Å². The van der Waals surface area contributed by atoms with Gasteiger partial charge in [-0.1, -0.05) is 127 Å². The van der Waals surface area contributed by atoms with Gasteiger partial charge in [0.15, 0.2) is 0 Å². The van der Waals surface area contributed by atoms with E-state index in [-0.39, 0.29) is 0 Å². The number of hydrogen-bond donors (Lipinski definition) is 1. The quantitative estimate of drug-likeness (QED) is 0.232. The Morgan fingerprint density at radius 1 is 0.372 bits per heavy atom. The average Bonchev–Trinajstić information content (AvgIpc) is 3.48. The third-order valence-electron chi connectivity index (χ3n) is 8.09. The summed E-state index contributed by atoms with van der Waals surface area (Å²) in [5, 5.41) is 2.34. The van der Waals surface area contributed by atoms with Crippen molar-refractivity contribution in [3.8, 4) is 56.0 Å². The SMILES string of the molecule is c1ccc(-c2ccnc(-c3cccc4c3[nH]c3c(-c5cc(-c6ccccc6)cc(-c6ccccc6)n5)cccc34)c2)cc1. The van der Waals surface area contributed by atoms with Crippen LogP contribution in [-0.2, 0) is 0 Å². The molecule has 3 aromatic heterocycles. The molecule has 1 N–H and O–H groups in total. The average molecular weight is 550 g/mol. The van der Waals surface area contributed by atoms with Gasteiger partial charge in [0.05, 0.1) is 28.1 Å². The van der Waals surface area contributed by atoms with Crippen LogP contribution in [0, 0.1) is 0 Å². The summed E-state index contributed by atoms with van der Waals surface area (Å²) in [7, 11) is 0. The first-order chi connectivity index (χ1) is 21.3. The molecule has 0 saturated heterocycles. The molecular weight excluding hydrogens is 522 g/mol. The van der Waals surface area contributed by atoms with Crippen molar-refractivity contribution in [1.29, 1.82) is 0 Å². The number of benzene rings is 5. The minimum Gasteiger partial charge on any atom is -0.353 e. The lowest BCUT2D eigenvalue weighted by Crippen LogP contribution is -1.92. The molecule has 0 fully saturated rings. The van der Waals surface area contributed by atoms with Gasteiger partial charge in [0.1, 0.15) is 0 Å². The van der Waals surface area contributed by atoms with E-state index >= 15 is 0 Å². The Morgan fingerprint density at radius 3 is 1.51 bits per heavy atom. The molecule has 0 amide bonds. The Balaban J connectivity index is 1.32. The summed E-state index contributed by atoms with van der Waals surface area (Å²) < 4.78 is 0. The number of rotatable bonds is 5. The summed E-state index contributed by atoms with van der Waals surface area (Å²) in [6.07, 6.45) is 1.90. The zero-order chi connectivity index (χ0) is 28.6. The van der Waals surface area contributed by atoms with E-state index in [4.69, 9.17) is 9.97 Å². The van der Waals surface area contributed by atoms with Crippen molar-refractivity contribution >= 4 is 21.8 Å². The number of aromatic amines is 1. The van der Waals surface area contributed by atoms with Crippen LogP contribution in [0.25, 0.3) is 77.8 Å². The molecule has 0 saturated carbocycles. The maximum Gasteiger partial charge on any atom is 0.0736 e. The fourth-order valence-corrected chi connectivity index (χ4v) is 5.99. The smallest absolute Gasteiger partial charge is 0.0736 e. The second kappa shape index (κ2) is 10.6. The van der Waals surface area contributed by atoms with Crippen molar-refractivity contribution in [2.75, 3.05) is 0 Å². The predicted molar refractivity (Wildman–Crippen MR) is 179 cm³/mol. The highest BCUT2D eigenvalue weighted by molar-refractivity contribution is 6.15. The first-order valence-corrected chi connectivity index (χ1v) is 14.5. The second-order valence-corrected chi connectivity index (χ2v) is 10.7. The normalized spacial score (nSPS) is 11.3. The molecule has 0 radical (unpaired) electrons. The monoisotopic (exact) mass is 549 g/mol. The Hall–Kier alpha value is -5.80. The molecule has 0 aliphatic heterocycles. The van der Waals surface area contributed by atoms with Crippen LogP contribution < -0.4 is 0 Å². The van der Waals surface area contributed by atoms with Crippen LogP contribution in [0.4, 0.5) is 0 Å². The number of nitrogens with zero attached hydrogens (tertiary/aromatic N) is 2. The van der Waals surface area contributed by atoms with Crippen LogP contribution in [0.3, 0.4) is 0 Å². The molecule has 202 valence electrons. The molecule has 3 nitrogen and oxygen atoms in total. The maximum atomic E-state index is 5.21. The summed E-state index contributed by atoms with van der Waals surface area (Å²) in [5.41, 5.74) is 12.8. The zero-order valence-corrected chi connectivity index (χ0v) is 23.4. The molecule has 5 aromatic carbocycles. The Kier molecular flexibility index (Phi) is 6.12. The number of H-pyrrole nitrogens is 1. The first kappa shape index (κ1) is 25.0. The van der Waals surface area contributed by atoms with E-state index in [9.17, 15) is 0 Å². The van der Waals surface area contributed by atoms with Crippen molar-refractivity contribution in [2.24, 2.45) is 0 Å². The van der Waals surface area contributed by atoms with E-state index in [0.29, 0.717) is 0 Å². The molecular formula is C40H27N3. The van der Waals surface area contributed by atoms with Gasteiger partial charge in [-0.2, -0.15) is 0 Å². The number of nitrogens with one attached hydrogen (secondary N) is 1. The summed E-state index contributed by atoms with van der Waals surface area (Å²) in [4.78, 5) is 13.8. The van der Waals surface area contributed by atoms with Crippen LogP contribution in [0.5, 0.6) is 0 Å². The largest absolute Gasteiger partial charge is 0.353 e. The number of hydrogen-bond acceptors (Lipinski definition) is 2. The molecule has 0 spiro atoms. The van der Waals surface area contributed by atoms with Gasteiger partial charge in [-0.15, -0.1) is 0 Å². The highest BCUT2D eigenvalue weighted by Crippen LogP contribution is 2.38. The number of aromatic nitrogens is 3. The summed E-state index contributed by atoms with van der Waals surface area (Å²) in [6, 6.07) is 52.9. The Morgan fingerprint density at radius 2 is 0.884 bits per heavy atom. The summed E-state index contributed by atoms with van der Waals surface area (Å²) in [6.45, 7) is 0. The highest BCUT2D eigenvalue weighted by atomic mass is 14.8. The number of pyridine rings is 2. The standard InChI is InChI=1S/C40H27N3/c1-4-12-27(13-5-1)30-22-23-41-37(24-30)34-20-10-18-32-33-19-11-21-35(40(33)43-39(32)34)38-26-31(28-14-6-2-7-15-28)25-36(42-38)29-16-8-3-9-17-29/h1-26,43H. The summed E-state index contributed by atoms with van der Waals surface area (Å²) in [5.74, 6) is 0. The highest BCUT2D eigenvalue weighted by Gasteiger charge is 2.16. The molecule has 43 heavy (non-hydrogen) atoms. The molecule has 0 aliphatic rings. The third kappa shape index (κ3) is 4.58. The molecule has 3 heteroatoms. The number of fused-ring (bicyclic) bond motifs is 3. The number of para-hydroxylation sites is 2. The molecule has 0 aliphatic carbocycles. The van der Waals surface area contributed by atoms with Crippen LogP contribution in [0.15, 0.2) is 158 Å². The zero-order valence-electron chi connectivity index (χ0n) is 23.4. The van der Waals surface area contributed by atoms with Crippen molar-refractivity contribution in [1.82, 2.24) is 15.0 Å². The minimum atomic E-state index is 0.933. The van der Waals surface area contributed by atoms with Gasteiger partial charge < -0.3 is 4.98 Å². The van der Waals surface area contributed by atoms with E-state index in [1.165, 1.54) is 21.9 Å². The minimum absolute atomic E-state index is 0.933. The lowest BCUT2D eigenvalue weighted by molar-refractivity contribution is 1.32. The predicted octanol–water partition coefficient (Wildman–Crippen LogP) is 10.4. The van der Waals surface area contributed by atoms with Gasteiger partial charge in [0.2, 0.25) is 0 Å². The molecule has 8 rings (SSSR count). The van der Waals surface area contributed by atoms with Crippen molar-refractivity contribution in [3.05, 3.63) is 158 Å². The lowest BCUT2D eigenvalue weighted by atomic mass is 9.98. The van der Waals surface area contributed by atoms with E-state index in [2.05, 4.69) is 145 Å². The molecule has 0 bridgehead atoms. The fourth-order valence-electron chi connectivity index (χ4n) is 5.99. The van der Waals surface area contributed by atoms with Crippen molar-refractivity contribution < 1.29 is 0 Å². The van der Waals surface area contributed by atoms with Gasteiger partial charge in [-0.3, -0.25) is 4.98 Å². The second-order valence-electron chi connectivity index (χ2n) is 10.7. The Labute approximate surface area is 250 Å². The molecule has 8 aromatic rings. The van der Waals surface area contributed by atoms with E-state index < -0.39 is 0 Å². The van der Waals surface area contributed by atoms with Crippen LogP contribution >= 0.6 is 0 Å². The van der Waals surface area contributed by atoms with E-state index in [1.54, 1.807) is 0 Å².